The van der Waals surface area contributed by atoms with Crippen LogP contribution in [0.5, 0.6) is 0 Å². The second kappa shape index (κ2) is 6.24. The number of hydrogen-bond acceptors (Lipinski definition) is 4. The summed E-state index contributed by atoms with van der Waals surface area (Å²) in [6, 6.07) is 5.67. The van der Waals surface area contributed by atoms with Crippen molar-refractivity contribution in [3.05, 3.63) is 24.0 Å². The number of rotatable bonds is 5. The SMILES string of the molecule is NCCCC(=O)Nc1ccc2nc(C3CCCO3)[nH]c2c1. The molecule has 21 heavy (non-hydrogen) atoms. The molecule has 6 nitrogen and oxygen atoms in total. The molecule has 1 saturated heterocycles. The number of nitrogens with two attached hydrogens (primary N) is 1. The molecule has 1 amide bonds. The van der Waals surface area contributed by atoms with E-state index in [-0.39, 0.29) is 12.0 Å². The van der Waals surface area contributed by atoms with Gasteiger partial charge in [-0.2, -0.15) is 0 Å². The fraction of sp³-hybridized carbons (Fsp3) is 0.467. The van der Waals surface area contributed by atoms with Crippen molar-refractivity contribution in [2.45, 2.75) is 31.8 Å². The second-order valence-electron chi connectivity index (χ2n) is 5.30. The van der Waals surface area contributed by atoms with Gasteiger partial charge in [0.15, 0.2) is 0 Å². The van der Waals surface area contributed by atoms with Crippen molar-refractivity contribution in [2.24, 2.45) is 5.73 Å². The number of H-pyrrole nitrogens is 1. The molecule has 4 N–H and O–H groups in total. The van der Waals surface area contributed by atoms with Crippen LogP contribution in [-0.4, -0.2) is 29.0 Å². The molecule has 0 saturated carbocycles. The Morgan fingerprint density at radius 1 is 1.52 bits per heavy atom. The monoisotopic (exact) mass is 288 g/mol. The topological polar surface area (TPSA) is 93.0 Å². The molecule has 0 spiro atoms. The number of ether oxygens (including phenoxy) is 1. The highest BCUT2D eigenvalue weighted by Crippen LogP contribution is 2.28. The minimum absolute atomic E-state index is 0.0151. The quantitative estimate of drug-likeness (QED) is 0.785. The lowest BCUT2D eigenvalue weighted by molar-refractivity contribution is -0.116. The molecule has 2 heterocycles. The summed E-state index contributed by atoms with van der Waals surface area (Å²) in [5, 5.41) is 2.87. The summed E-state index contributed by atoms with van der Waals surface area (Å²) in [5.74, 6) is 0.854. The van der Waals surface area contributed by atoms with Gasteiger partial charge in [0.05, 0.1) is 11.0 Å². The summed E-state index contributed by atoms with van der Waals surface area (Å²) < 4.78 is 5.63. The molecule has 1 aromatic carbocycles. The predicted molar refractivity (Wildman–Crippen MR) is 80.9 cm³/mol. The molecule has 1 aliphatic heterocycles. The van der Waals surface area contributed by atoms with Crippen LogP contribution in [0.25, 0.3) is 11.0 Å². The highest BCUT2D eigenvalue weighted by atomic mass is 16.5. The van der Waals surface area contributed by atoms with Gasteiger partial charge in [-0.05, 0) is 44.0 Å². The van der Waals surface area contributed by atoms with E-state index in [0.29, 0.717) is 19.4 Å². The average molecular weight is 288 g/mol. The maximum absolute atomic E-state index is 11.7. The highest BCUT2D eigenvalue weighted by molar-refractivity contribution is 5.93. The maximum atomic E-state index is 11.7. The zero-order valence-electron chi connectivity index (χ0n) is 11.9. The molecule has 2 aromatic rings. The Balaban J connectivity index is 1.75. The van der Waals surface area contributed by atoms with Crippen LogP contribution in [0.3, 0.4) is 0 Å². The van der Waals surface area contributed by atoms with E-state index in [1.165, 1.54) is 0 Å². The number of imidazole rings is 1. The van der Waals surface area contributed by atoms with Crippen LogP contribution in [0.4, 0.5) is 5.69 Å². The van der Waals surface area contributed by atoms with Gasteiger partial charge in [0.1, 0.15) is 11.9 Å². The van der Waals surface area contributed by atoms with Crippen LogP contribution in [0, 0.1) is 0 Å². The molecule has 0 aliphatic carbocycles. The summed E-state index contributed by atoms with van der Waals surface area (Å²) in [7, 11) is 0. The first kappa shape index (κ1) is 14.0. The van der Waals surface area contributed by atoms with Gasteiger partial charge in [-0.1, -0.05) is 0 Å². The summed E-state index contributed by atoms with van der Waals surface area (Å²) in [6.07, 6.45) is 3.28. The lowest BCUT2D eigenvalue weighted by Crippen LogP contribution is -2.13. The van der Waals surface area contributed by atoms with E-state index in [9.17, 15) is 4.79 Å². The lowest BCUT2D eigenvalue weighted by Gasteiger charge is -2.04. The van der Waals surface area contributed by atoms with Gasteiger partial charge in [0, 0.05) is 18.7 Å². The number of aromatic amines is 1. The number of aromatic nitrogens is 2. The molecule has 112 valence electrons. The van der Waals surface area contributed by atoms with Crippen molar-refractivity contribution < 1.29 is 9.53 Å². The third-order valence-electron chi connectivity index (χ3n) is 3.63. The average Bonchev–Trinajstić information content (AvgIpc) is 3.13. The van der Waals surface area contributed by atoms with Gasteiger partial charge in [0.25, 0.3) is 0 Å². The molecule has 3 rings (SSSR count). The third kappa shape index (κ3) is 3.22. The first-order valence-corrected chi connectivity index (χ1v) is 7.37. The number of nitrogens with one attached hydrogen (secondary N) is 2. The number of nitrogens with zero attached hydrogens (tertiary/aromatic N) is 1. The molecule has 6 heteroatoms. The van der Waals surface area contributed by atoms with Crippen LogP contribution in [0.15, 0.2) is 18.2 Å². The Kier molecular flexibility index (Phi) is 4.17. The first-order chi connectivity index (χ1) is 10.3. The fourth-order valence-corrected chi connectivity index (χ4v) is 2.54. The van der Waals surface area contributed by atoms with E-state index in [1.54, 1.807) is 0 Å². The third-order valence-corrected chi connectivity index (χ3v) is 3.63. The van der Waals surface area contributed by atoms with Crippen molar-refractivity contribution in [1.82, 2.24) is 9.97 Å². The van der Waals surface area contributed by atoms with Gasteiger partial charge in [0.2, 0.25) is 5.91 Å². The van der Waals surface area contributed by atoms with Gasteiger partial charge in [-0.15, -0.1) is 0 Å². The smallest absolute Gasteiger partial charge is 0.224 e. The molecule has 1 atom stereocenters. The number of amides is 1. The van der Waals surface area contributed by atoms with Gasteiger partial charge >= 0.3 is 0 Å². The number of fused-ring (bicyclic) bond motifs is 1. The number of carbonyl (C=O) groups is 1. The Bertz CT molecular complexity index is 632. The van der Waals surface area contributed by atoms with Crippen molar-refractivity contribution in [2.75, 3.05) is 18.5 Å². The molecule has 1 aliphatic rings. The highest BCUT2D eigenvalue weighted by Gasteiger charge is 2.21. The molecular formula is C15H20N4O2. The van der Waals surface area contributed by atoms with E-state index < -0.39 is 0 Å². The molecule has 0 bridgehead atoms. The van der Waals surface area contributed by atoms with Crippen molar-refractivity contribution in [3.8, 4) is 0 Å². The fourth-order valence-electron chi connectivity index (χ4n) is 2.54. The summed E-state index contributed by atoms with van der Waals surface area (Å²) in [5.41, 5.74) is 7.98. The van der Waals surface area contributed by atoms with E-state index in [2.05, 4.69) is 15.3 Å². The normalized spacial score (nSPS) is 18.2. The first-order valence-electron chi connectivity index (χ1n) is 7.37. The van der Waals surface area contributed by atoms with E-state index in [1.807, 2.05) is 18.2 Å². The van der Waals surface area contributed by atoms with Crippen molar-refractivity contribution >= 4 is 22.6 Å². The van der Waals surface area contributed by atoms with Crippen LogP contribution in [0.2, 0.25) is 0 Å². The number of benzene rings is 1. The summed E-state index contributed by atoms with van der Waals surface area (Å²) in [6.45, 7) is 1.32. The largest absolute Gasteiger partial charge is 0.370 e. The molecule has 0 radical (unpaired) electrons. The van der Waals surface area contributed by atoms with Gasteiger partial charge in [-0.3, -0.25) is 4.79 Å². The Labute approximate surface area is 123 Å². The van der Waals surface area contributed by atoms with Crippen molar-refractivity contribution in [3.63, 3.8) is 0 Å². The number of hydrogen-bond donors (Lipinski definition) is 3. The van der Waals surface area contributed by atoms with E-state index in [0.717, 1.165) is 42.0 Å². The lowest BCUT2D eigenvalue weighted by atomic mass is 10.2. The van der Waals surface area contributed by atoms with Gasteiger partial charge in [-0.25, -0.2) is 4.98 Å². The van der Waals surface area contributed by atoms with E-state index in [4.69, 9.17) is 10.5 Å². The molecular weight excluding hydrogens is 268 g/mol. The van der Waals surface area contributed by atoms with Crippen molar-refractivity contribution in [1.29, 1.82) is 0 Å². The summed E-state index contributed by atoms with van der Waals surface area (Å²) in [4.78, 5) is 19.6. The molecule has 1 unspecified atom stereocenters. The van der Waals surface area contributed by atoms with Crippen LogP contribution in [-0.2, 0) is 9.53 Å². The predicted octanol–water partition coefficient (Wildman–Crippen LogP) is 2.09. The maximum Gasteiger partial charge on any atom is 0.224 e. The Morgan fingerprint density at radius 2 is 2.43 bits per heavy atom. The minimum atomic E-state index is -0.0151. The van der Waals surface area contributed by atoms with Crippen LogP contribution in [0.1, 0.15) is 37.6 Å². The second-order valence-corrected chi connectivity index (χ2v) is 5.30. The molecule has 1 aromatic heterocycles. The Hall–Kier alpha value is -1.92. The van der Waals surface area contributed by atoms with E-state index >= 15 is 0 Å². The standard InChI is InChI=1S/C15H20N4O2/c16-7-1-4-14(20)17-10-5-6-11-12(9-10)19-15(18-11)13-3-2-8-21-13/h5-6,9,13H,1-4,7-8,16H2,(H,17,20)(H,18,19). The zero-order chi connectivity index (χ0) is 14.7. The Morgan fingerprint density at radius 3 is 3.19 bits per heavy atom. The van der Waals surface area contributed by atoms with Crippen LogP contribution >= 0.6 is 0 Å². The molecule has 1 fully saturated rings. The number of carbonyl (C=O) groups excluding carboxylic acids is 1. The van der Waals surface area contributed by atoms with Crippen LogP contribution < -0.4 is 11.1 Å². The summed E-state index contributed by atoms with van der Waals surface area (Å²) >= 11 is 0. The van der Waals surface area contributed by atoms with Gasteiger partial charge < -0.3 is 20.8 Å². The number of anilines is 1. The zero-order valence-corrected chi connectivity index (χ0v) is 11.9. The minimum Gasteiger partial charge on any atom is -0.370 e.